The van der Waals surface area contributed by atoms with Crippen molar-refractivity contribution in [3.63, 3.8) is 0 Å². The lowest BCUT2D eigenvalue weighted by molar-refractivity contribution is 0.670. The van der Waals surface area contributed by atoms with Crippen LogP contribution in [0.2, 0.25) is 0 Å². The molecule has 0 radical (unpaired) electrons. The average Bonchev–Trinajstić information content (AvgIpc) is 3.94. The van der Waals surface area contributed by atoms with Gasteiger partial charge in [-0.1, -0.05) is 164 Å². The molecule has 56 heavy (non-hydrogen) atoms. The van der Waals surface area contributed by atoms with E-state index in [1.54, 1.807) is 12.1 Å². The van der Waals surface area contributed by atoms with E-state index in [4.69, 9.17) is 29.0 Å². The summed E-state index contributed by atoms with van der Waals surface area (Å²) in [6, 6.07) is 29.6. The minimum atomic E-state index is -0.712. The molecule has 0 fully saturated rings. The fourth-order valence-electron chi connectivity index (χ4n) is 7.36. The molecular weight excluding hydrogens is 685 g/mol. The third-order valence-corrected chi connectivity index (χ3v) is 9.86. The quantitative estimate of drug-likeness (QED) is 0.171. The Balaban J connectivity index is 1.33. The van der Waals surface area contributed by atoms with Gasteiger partial charge in [0.05, 0.1) is 33.2 Å². The van der Waals surface area contributed by atoms with Gasteiger partial charge in [0.25, 0.3) is 0 Å². The number of rotatable bonds is 6. The lowest BCUT2D eigenvalue weighted by Crippen LogP contribution is -2.04. The first kappa shape index (κ1) is 21.9. The second-order valence-electron chi connectivity index (χ2n) is 13.1. The van der Waals surface area contributed by atoms with Gasteiger partial charge >= 0.3 is 0 Å². The van der Waals surface area contributed by atoms with Crippen molar-refractivity contribution in [2.45, 2.75) is 0 Å². The second kappa shape index (κ2) is 13.0. The standard InChI is InChI=1S/C51H32N4O/c1-4-16-33(17-5-1)37-24-15-28-45-47(37)41-23-10-12-27-43(41)55(45)44-31-30-36(38-25-14-26-40-39-22-11-13-29-46(39)56-48(38)40)32-42(44)51-53-49(34-18-6-2-7-19-34)52-50(54-51)35-20-8-3-9-21-35/h1-32H/i1D,4D,5D,10D,12D,15D,16D,17D,23D,24D,27D,28D. The molecule has 3 aromatic heterocycles. The van der Waals surface area contributed by atoms with Crippen LogP contribution in [-0.2, 0) is 0 Å². The van der Waals surface area contributed by atoms with E-state index < -0.39 is 78.1 Å². The number of hydrogen-bond acceptors (Lipinski definition) is 4. The summed E-state index contributed by atoms with van der Waals surface area (Å²) in [7, 11) is 0. The summed E-state index contributed by atoms with van der Waals surface area (Å²) in [5.74, 6) is 0.750. The molecule has 0 aliphatic heterocycles. The minimum Gasteiger partial charge on any atom is -0.455 e. The third-order valence-electron chi connectivity index (χ3n) is 9.86. The van der Waals surface area contributed by atoms with E-state index >= 15 is 0 Å². The molecule has 0 saturated carbocycles. The largest absolute Gasteiger partial charge is 0.455 e. The van der Waals surface area contributed by atoms with Crippen LogP contribution in [0.3, 0.4) is 0 Å². The Hall–Kier alpha value is -7.63. The zero-order valence-corrected chi connectivity index (χ0v) is 29.2. The summed E-state index contributed by atoms with van der Waals surface area (Å²) in [6.07, 6.45) is 0. The summed E-state index contributed by atoms with van der Waals surface area (Å²) in [5, 5.41) is 1.41. The van der Waals surface area contributed by atoms with Crippen molar-refractivity contribution in [1.82, 2.24) is 19.5 Å². The predicted octanol–water partition coefficient (Wildman–Crippen LogP) is 13.2. The van der Waals surface area contributed by atoms with Gasteiger partial charge in [0.2, 0.25) is 0 Å². The SMILES string of the molecule is [2H]c1c([2H])c([2H])c(-c2c([2H])c([2H])c([2H])c3c2c2c([2H])c([2H])c([2H])c([2H])c2n3-c2ccc(-c3cccc4c3oc3ccccc34)cc2-c2nc(-c3ccccc3)nc(-c3ccccc3)n2)c([2H])c1[2H]. The van der Waals surface area contributed by atoms with Crippen LogP contribution in [0.25, 0.3) is 106 Å². The lowest BCUT2D eigenvalue weighted by Gasteiger charge is -2.16. The normalized spacial score (nSPS) is 14.6. The minimum absolute atomic E-state index is 0.128. The Morgan fingerprint density at radius 2 is 1.09 bits per heavy atom. The summed E-state index contributed by atoms with van der Waals surface area (Å²) in [6.45, 7) is 0. The number of benzene rings is 8. The van der Waals surface area contributed by atoms with E-state index in [-0.39, 0.29) is 38.9 Å². The molecule has 5 heteroatoms. The predicted molar refractivity (Wildman–Crippen MR) is 229 cm³/mol. The molecule has 0 atom stereocenters. The third kappa shape index (κ3) is 5.21. The molecule has 11 rings (SSSR count). The van der Waals surface area contributed by atoms with Gasteiger partial charge in [-0.05, 0) is 47.0 Å². The molecule has 5 nitrogen and oxygen atoms in total. The summed E-state index contributed by atoms with van der Waals surface area (Å²) >= 11 is 0. The first-order valence-electron chi connectivity index (χ1n) is 23.8. The maximum Gasteiger partial charge on any atom is 0.166 e. The highest BCUT2D eigenvalue weighted by Crippen LogP contribution is 2.43. The van der Waals surface area contributed by atoms with Crippen molar-refractivity contribution in [3.05, 3.63) is 194 Å². The van der Waals surface area contributed by atoms with Gasteiger partial charge in [0, 0.05) is 43.8 Å². The molecule has 0 spiro atoms. The van der Waals surface area contributed by atoms with Crippen molar-refractivity contribution in [3.8, 4) is 62.1 Å². The fourth-order valence-corrected chi connectivity index (χ4v) is 7.36. The van der Waals surface area contributed by atoms with E-state index in [1.807, 2.05) is 109 Å². The number of fused-ring (bicyclic) bond motifs is 6. The summed E-state index contributed by atoms with van der Waals surface area (Å²) in [4.78, 5) is 15.0. The Morgan fingerprint density at radius 3 is 1.88 bits per heavy atom. The Morgan fingerprint density at radius 1 is 0.429 bits per heavy atom. The highest BCUT2D eigenvalue weighted by atomic mass is 16.3. The fraction of sp³-hybridized carbons (Fsp3) is 0. The second-order valence-corrected chi connectivity index (χ2v) is 13.1. The first-order valence-corrected chi connectivity index (χ1v) is 17.8. The average molecular weight is 729 g/mol. The van der Waals surface area contributed by atoms with E-state index in [0.29, 0.717) is 50.6 Å². The molecule has 3 heterocycles. The number of hydrogen-bond donors (Lipinski definition) is 0. The molecule has 0 aliphatic carbocycles. The van der Waals surface area contributed by atoms with Crippen molar-refractivity contribution in [2.75, 3.05) is 0 Å². The zero-order chi connectivity index (χ0) is 47.4. The van der Waals surface area contributed by atoms with Crippen LogP contribution in [0.1, 0.15) is 16.4 Å². The molecule has 0 amide bonds. The molecule has 0 unspecified atom stereocenters. The number of para-hydroxylation sites is 3. The van der Waals surface area contributed by atoms with E-state index in [9.17, 15) is 6.85 Å². The smallest absolute Gasteiger partial charge is 0.166 e. The van der Waals surface area contributed by atoms with Crippen molar-refractivity contribution in [2.24, 2.45) is 0 Å². The summed E-state index contributed by atoms with van der Waals surface area (Å²) in [5.41, 5.74) is 3.29. The monoisotopic (exact) mass is 728 g/mol. The maximum atomic E-state index is 9.58. The zero-order valence-electron chi connectivity index (χ0n) is 41.2. The van der Waals surface area contributed by atoms with Gasteiger partial charge in [-0.25, -0.2) is 15.0 Å². The Labute approximate surface area is 339 Å². The Kier molecular flexibility index (Phi) is 5.10. The van der Waals surface area contributed by atoms with Crippen LogP contribution in [0.4, 0.5) is 0 Å². The number of furan rings is 1. The van der Waals surface area contributed by atoms with Gasteiger partial charge in [0.1, 0.15) is 11.2 Å². The van der Waals surface area contributed by atoms with E-state index in [2.05, 4.69) is 0 Å². The van der Waals surface area contributed by atoms with Crippen molar-refractivity contribution < 1.29 is 20.9 Å². The maximum absolute atomic E-state index is 9.58. The molecule has 11 aromatic rings. The molecular formula is C51H32N4O. The lowest BCUT2D eigenvalue weighted by atomic mass is 9.98. The molecule has 0 bridgehead atoms. The number of aromatic nitrogens is 4. The van der Waals surface area contributed by atoms with Gasteiger partial charge < -0.3 is 8.98 Å². The molecule has 0 N–H and O–H groups in total. The van der Waals surface area contributed by atoms with Crippen LogP contribution < -0.4 is 0 Å². The van der Waals surface area contributed by atoms with Gasteiger partial charge in [-0.3, -0.25) is 0 Å². The molecule has 0 saturated heterocycles. The summed E-state index contributed by atoms with van der Waals surface area (Å²) < 4.78 is 116. The molecule has 8 aromatic carbocycles. The van der Waals surface area contributed by atoms with E-state index in [1.165, 1.54) is 4.57 Å². The topological polar surface area (TPSA) is 56.7 Å². The Bertz CT molecular complexity index is 3860. The molecule has 262 valence electrons. The number of nitrogens with zero attached hydrogens (tertiary/aromatic N) is 4. The molecule has 0 aliphatic rings. The van der Waals surface area contributed by atoms with Crippen LogP contribution in [-0.4, -0.2) is 19.5 Å². The highest BCUT2D eigenvalue weighted by molar-refractivity contribution is 6.16. The van der Waals surface area contributed by atoms with Gasteiger partial charge in [-0.2, -0.15) is 0 Å². The van der Waals surface area contributed by atoms with E-state index in [0.717, 1.165) is 10.8 Å². The van der Waals surface area contributed by atoms with Crippen LogP contribution >= 0.6 is 0 Å². The van der Waals surface area contributed by atoms with Gasteiger partial charge in [-0.15, -0.1) is 0 Å². The first-order chi connectivity index (χ1) is 32.8. The van der Waals surface area contributed by atoms with Gasteiger partial charge in [0.15, 0.2) is 17.5 Å². The van der Waals surface area contributed by atoms with Crippen molar-refractivity contribution >= 4 is 43.7 Å². The van der Waals surface area contributed by atoms with Crippen LogP contribution in [0.5, 0.6) is 0 Å². The highest BCUT2D eigenvalue weighted by Gasteiger charge is 2.22. The van der Waals surface area contributed by atoms with Crippen LogP contribution in [0.15, 0.2) is 198 Å². The van der Waals surface area contributed by atoms with Crippen molar-refractivity contribution in [1.29, 1.82) is 0 Å². The van der Waals surface area contributed by atoms with Crippen LogP contribution in [0, 0.1) is 0 Å².